The maximum atomic E-state index is 12.1. The van der Waals surface area contributed by atoms with E-state index in [1.807, 2.05) is 32.0 Å². The van der Waals surface area contributed by atoms with Crippen molar-refractivity contribution < 1.29 is 14.5 Å². The highest BCUT2D eigenvalue weighted by atomic mass is 16.6. The van der Waals surface area contributed by atoms with E-state index in [1.54, 1.807) is 6.08 Å². The van der Waals surface area contributed by atoms with Crippen LogP contribution in [0.2, 0.25) is 0 Å². The number of anilines is 1. The van der Waals surface area contributed by atoms with Crippen LogP contribution in [0.4, 0.5) is 11.4 Å². The van der Waals surface area contributed by atoms with E-state index in [9.17, 15) is 14.9 Å². The molecular weight excluding hydrogens is 320 g/mol. The second-order valence-electron chi connectivity index (χ2n) is 5.70. The van der Waals surface area contributed by atoms with E-state index >= 15 is 0 Å². The highest BCUT2D eigenvalue weighted by Crippen LogP contribution is 2.25. The zero-order valence-electron chi connectivity index (χ0n) is 14.2. The number of nitrogens with zero attached hydrogens (tertiary/aromatic N) is 1. The van der Waals surface area contributed by atoms with Crippen molar-refractivity contribution in [3.8, 4) is 5.75 Å². The zero-order valence-corrected chi connectivity index (χ0v) is 14.2. The van der Waals surface area contributed by atoms with Gasteiger partial charge in [0.05, 0.1) is 4.92 Å². The molecule has 130 valence electrons. The first kappa shape index (κ1) is 18.2. The first-order valence-corrected chi connectivity index (χ1v) is 7.79. The van der Waals surface area contributed by atoms with Gasteiger partial charge in [0.1, 0.15) is 5.75 Å². The number of nitrogens with one attached hydrogen (secondary N) is 1. The number of hydrogen-bond acceptors (Lipinski definition) is 4. The highest BCUT2D eigenvalue weighted by Gasteiger charge is 2.13. The molecule has 2 aromatic rings. The summed E-state index contributed by atoms with van der Waals surface area (Å²) in [5.41, 5.74) is 3.41. The van der Waals surface area contributed by atoms with Crippen molar-refractivity contribution in [3.63, 3.8) is 0 Å². The third kappa shape index (κ3) is 4.91. The fourth-order valence-corrected chi connectivity index (χ4v) is 2.42. The Morgan fingerprint density at radius 1 is 1.28 bits per heavy atom. The number of benzene rings is 2. The number of allylic oxidation sites excluding steroid dienone is 1. The number of rotatable bonds is 7. The molecule has 2 aromatic carbocycles. The molecule has 1 N–H and O–H groups in total. The van der Waals surface area contributed by atoms with Crippen molar-refractivity contribution in [1.82, 2.24) is 0 Å². The highest BCUT2D eigenvalue weighted by molar-refractivity contribution is 5.92. The molecule has 6 heteroatoms. The second-order valence-corrected chi connectivity index (χ2v) is 5.70. The van der Waals surface area contributed by atoms with Crippen LogP contribution in [-0.4, -0.2) is 17.4 Å². The largest absolute Gasteiger partial charge is 0.483 e. The Bertz CT molecular complexity index is 815. The molecule has 0 spiro atoms. The molecule has 0 bridgehead atoms. The summed E-state index contributed by atoms with van der Waals surface area (Å²) in [5, 5.41) is 13.7. The first-order chi connectivity index (χ1) is 11.9. The standard InChI is InChI=1S/C19H20N2O4/c1-4-5-15-11-16(21(23)24)7-9-18(15)25-12-19(22)20-17-8-6-13(2)10-14(17)3/h4,6-11H,1,5,12H2,2-3H3,(H,20,22). The molecule has 0 saturated heterocycles. The van der Waals surface area contributed by atoms with Crippen molar-refractivity contribution in [2.75, 3.05) is 11.9 Å². The molecule has 0 aromatic heterocycles. The lowest BCUT2D eigenvalue weighted by Crippen LogP contribution is -2.21. The lowest BCUT2D eigenvalue weighted by molar-refractivity contribution is -0.384. The molecule has 0 atom stereocenters. The van der Waals surface area contributed by atoms with Crippen molar-refractivity contribution in [2.24, 2.45) is 0 Å². The average molecular weight is 340 g/mol. The topological polar surface area (TPSA) is 81.5 Å². The fourth-order valence-electron chi connectivity index (χ4n) is 2.42. The number of carbonyl (C=O) groups is 1. The molecule has 25 heavy (non-hydrogen) atoms. The van der Waals surface area contributed by atoms with E-state index < -0.39 is 4.92 Å². The molecule has 6 nitrogen and oxygen atoms in total. The van der Waals surface area contributed by atoms with Crippen molar-refractivity contribution in [3.05, 3.63) is 75.9 Å². The Labute approximate surface area is 146 Å². The second kappa shape index (κ2) is 8.10. The van der Waals surface area contributed by atoms with Gasteiger partial charge in [-0.3, -0.25) is 14.9 Å². The summed E-state index contributed by atoms with van der Waals surface area (Å²) in [6.45, 7) is 7.35. The van der Waals surface area contributed by atoms with Crippen LogP contribution in [0, 0.1) is 24.0 Å². The van der Waals surface area contributed by atoms with Gasteiger partial charge in [-0.05, 0) is 38.0 Å². The quantitative estimate of drug-likeness (QED) is 0.470. The summed E-state index contributed by atoms with van der Waals surface area (Å²) in [6.07, 6.45) is 2.04. The maximum absolute atomic E-state index is 12.1. The molecular formula is C19H20N2O4. The van der Waals surface area contributed by atoms with Gasteiger partial charge in [-0.1, -0.05) is 23.8 Å². The molecule has 0 aliphatic carbocycles. The summed E-state index contributed by atoms with van der Waals surface area (Å²) in [6, 6.07) is 10.0. The van der Waals surface area contributed by atoms with Crippen molar-refractivity contribution in [2.45, 2.75) is 20.3 Å². The monoisotopic (exact) mass is 340 g/mol. The van der Waals surface area contributed by atoms with Crippen LogP contribution in [-0.2, 0) is 11.2 Å². The number of nitro groups is 1. The zero-order chi connectivity index (χ0) is 18.4. The number of aryl methyl sites for hydroxylation is 2. The summed E-state index contributed by atoms with van der Waals surface area (Å²) in [4.78, 5) is 22.5. The smallest absolute Gasteiger partial charge is 0.269 e. The van der Waals surface area contributed by atoms with Crippen molar-refractivity contribution in [1.29, 1.82) is 0 Å². The third-order valence-electron chi connectivity index (χ3n) is 3.63. The third-order valence-corrected chi connectivity index (χ3v) is 3.63. The van der Waals surface area contributed by atoms with Gasteiger partial charge in [0.2, 0.25) is 0 Å². The number of hydrogen-bond donors (Lipinski definition) is 1. The van der Waals surface area contributed by atoms with E-state index in [4.69, 9.17) is 4.74 Å². The summed E-state index contributed by atoms with van der Waals surface area (Å²) in [7, 11) is 0. The van der Waals surface area contributed by atoms with Gasteiger partial charge in [0, 0.05) is 23.4 Å². The van der Waals surface area contributed by atoms with Gasteiger partial charge in [0.25, 0.3) is 11.6 Å². The summed E-state index contributed by atoms with van der Waals surface area (Å²) in [5.74, 6) is 0.135. The average Bonchev–Trinajstić information content (AvgIpc) is 2.56. The molecule has 2 rings (SSSR count). The summed E-state index contributed by atoms with van der Waals surface area (Å²) < 4.78 is 5.54. The lowest BCUT2D eigenvalue weighted by Gasteiger charge is -2.12. The van der Waals surface area contributed by atoms with E-state index in [-0.39, 0.29) is 18.2 Å². The Hall–Kier alpha value is -3.15. The van der Waals surface area contributed by atoms with Crippen LogP contribution < -0.4 is 10.1 Å². The maximum Gasteiger partial charge on any atom is 0.269 e. The normalized spacial score (nSPS) is 10.2. The van der Waals surface area contributed by atoms with Gasteiger partial charge < -0.3 is 10.1 Å². The molecule has 0 heterocycles. The van der Waals surface area contributed by atoms with Crippen LogP contribution in [0.3, 0.4) is 0 Å². The minimum atomic E-state index is -0.469. The van der Waals surface area contributed by atoms with Crippen LogP contribution >= 0.6 is 0 Å². The van der Waals surface area contributed by atoms with Crippen molar-refractivity contribution >= 4 is 17.3 Å². The number of nitro benzene ring substituents is 1. The Balaban J connectivity index is 2.05. The SMILES string of the molecule is C=CCc1cc([N+](=O)[O-])ccc1OCC(=O)Nc1ccc(C)cc1C. The van der Waals surface area contributed by atoms with E-state index in [0.717, 1.165) is 16.8 Å². The number of non-ortho nitro benzene ring substituents is 1. The van der Waals surface area contributed by atoms with Gasteiger partial charge >= 0.3 is 0 Å². The molecule has 1 amide bonds. The molecule has 0 unspecified atom stereocenters. The number of ether oxygens (including phenoxy) is 1. The van der Waals surface area contributed by atoms with Crippen LogP contribution in [0.1, 0.15) is 16.7 Å². The van der Waals surface area contributed by atoms with Crippen LogP contribution in [0.25, 0.3) is 0 Å². The number of carbonyl (C=O) groups excluding carboxylic acids is 1. The minimum absolute atomic E-state index is 0.0241. The van der Waals surface area contributed by atoms with E-state index in [1.165, 1.54) is 18.2 Å². The molecule has 0 radical (unpaired) electrons. The summed E-state index contributed by atoms with van der Waals surface area (Å²) >= 11 is 0. The Morgan fingerprint density at radius 2 is 2.04 bits per heavy atom. The fraction of sp³-hybridized carbons (Fsp3) is 0.211. The van der Waals surface area contributed by atoms with Gasteiger partial charge in [-0.25, -0.2) is 0 Å². The number of amides is 1. The first-order valence-electron chi connectivity index (χ1n) is 7.79. The van der Waals surface area contributed by atoms with E-state index in [0.29, 0.717) is 17.7 Å². The van der Waals surface area contributed by atoms with Gasteiger partial charge in [0.15, 0.2) is 6.61 Å². The molecule has 0 fully saturated rings. The van der Waals surface area contributed by atoms with Crippen LogP contribution in [0.5, 0.6) is 5.75 Å². The molecule has 0 aliphatic heterocycles. The minimum Gasteiger partial charge on any atom is -0.483 e. The van der Waals surface area contributed by atoms with Crippen LogP contribution in [0.15, 0.2) is 49.1 Å². The molecule has 0 aliphatic rings. The molecule has 0 saturated carbocycles. The van der Waals surface area contributed by atoms with Gasteiger partial charge in [-0.2, -0.15) is 0 Å². The Kier molecular flexibility index (Phi) is 5.89. The van der Waals surface area contributed by atoms with E-state index in [2.05, 4.69) is 11.9 Å². The Morgan fingerprint density at radius 3 is 2.68 bits per heavy atom. The predicted molar refractivity (Wildman–Crippen MR) is 97.0 cm³/mol. The lowest BCUT2D eigenvalue weighted by atomic mass is 10.1. The van der Waals surface area contributed by atoms with Gasteiger partial charge in [-0.15, -0.1) is 6.58 Å². The predicted octanol–water partition coefficient (Wildman–Crippen LogP) is 3.96.